The number of anilines is 3. The number of nitrogens with two attached hydrogens (primary N) is 1. The molecule has 2 saturated heterocycles. The van der Waals surface area contributed by atoms with Crippen molar-refractivity contribution in [1.29, 1.82) is 0 Å². The van der Waals surface area contributed by atoms with Crippen LogP contribution in [0.2, 0.25) is 0 Å². The number of imidazole rings is 1. The first kappa shape index (κ1) is 48.9. The fraction of sp³-hybridized carbons (Fsp3) is 0.444. The van der Waals surface area contributed by atoms with E-state index in [4.69, 9.17) is 15.2 Å². The van der Waals surface area contributed by atoms with Crippen LogP contribution in [0.15, 0.2) is 65.3 Å². The molecule has 380 valence electrons. The molecule has 3 aromatic heterocycles. The number of nitrogens with one attached hydrogen (secondary N) is 3. The van der Waals surface area contributed by atoms with E-state index >= 15 is 0 Å². The van der Waals surface area contributed by atoms with Gasteiger partial charge in [-0.1, -0.05) is 62.7 Å². The molecule has 1 saturated carbocycles. The summed E-state index contributed by atoms with van der Waals surface area (Å²) < 4.78 is 7.52. The highest BCUT2D eigenvalue weighted by Crippen LogP contribution is 2.39. The molecule has 7 heterocycles. The van der Waals surface area contributed by atoms with Crippen molar-refractivity contribution >= 4 is 70.3 Å². The number of benzene rings is 2. The fourth-order valence-electron chi connectivity index (χ4n) is 11.0. The van der Waals surface area contributed by atoms with Gasteiger partial charge < -0.3 is 30.7 Å². The lowest BCUT2D eigenvalue weighted by molar-refractivity contribution is -0.136. The van der Waals surface area contributed by atoms with E-state index in [1.165, 1.54) is 0 Å². The highest BCUT2D eigenvalue weighted by Gasteiger charge is 2.45. The maximum absolute atomic E-state index is 14.0. The summed E-state index contributed by atoms with van der Waals surface area (Å²) in [5, 5.41) is 12.3. The predicted octanol–water partition coefficient (Wildman–Crippen LogP) is 5.93. The number of piperidine rings is 2. The zero-order valence-corrected chi connectivity index (χ0v) is 41.4. The number of carbonyl (C=O) groups excluding carboxylic acids is 7. The van der Waals surface area contributed by atoms with Gasteiger partial charge in [0.15, 0.2) is 5.82 Å². The van der Waals surface area contributed by atoms with E-state index in [2.05, 4.69) is 35.4 Å². The summed E-state index contributed by atoms with van der Waals surface area (Å²) in [4.78, 5) is 106. The van der Waals surface area contributed by atoms with E-state index in [0.29, 0.717) is 73.9 Å². The summed E-state index contributed by atoms with van der Waals surface area (Å²) in [7, 11) is 0. The van der Waals surface area contributed by atoms with Crippen LogP contribution >= 0.6 is 0 Å². The Bertz CT molecular complexity index is 3050. The smallest absolute Gasteiger partial charge is 0.262 e. The van der Waals surface area contributed by atoms with Gasteiger partial charge in [0.05, 0.1) is 36.0 Å². The van der Waals surface area contributed by atoms with Crippen LogP contribution in [0.5, 0.6) is 0 Å². The summed E-state index contributed by atoms with van der Waals surface area (Å²) in [5.74, 6) is -0.0961. The van der Waals surface area contributed by atoms with Gasteiger partial charge in [0, 0.05) is 67.2 Å². The molecule has 5 aromatic rings. The van der Waals surface area contributed by atoms with Gasteiger partial charge in [-0.3, -0.25) is 48.2 Å². The zero-order valence-electron chi connectivity index (χ0n) is 41.4. The molecular weight excluding hydrogens is 931 g/mol. The standard InChI is InChI=1S/C54H61N11O8/c1-54(2,3)41-28-42(61-73-41)58-44(67)25-32-10-13-33(14-11-32)47-48-49(55)56-29-37-9-4-5-22-63(30-45(68)57-35-8-6-7-34(26-35)50(60-47)64(37)48)46(69)19-12-31-20-23-62(24-21-31)36-15-16-38-39(27-36)53(72)65(52(38)71)40-17-18-43(66)59-51(40)70/h4,9-11,13-16,27-29,31,34-35,40H,5-8,12,17-26,30H2,1-3H3,(H2,55,56)(H,57,68)(H,58,61,67)(H,59,66,70)/b9-4+/t34-,35-,40?/m1/s1. The van der Waals surface area contributed by atoms with Gasteiger partial charge in [-0.2, -0.15) is 0 Å². The first-order valence-electron chi connectivity index (χ1n) is 25.5. The average Bonchev–Trinajstić information content (AvgIpc) is 4.08. The molecule has 5 aliphatic rings. The van der Waals surface area contributed by atoms with Crippen molar-refractivity contribution in [3.63, 3.8) is 0 Å². The number of carbonyl (C=O) groups is 7. The lowest BCUT2D eigenvalue weighted by atomic mass is 9.85. The summed E-state index contributed by atoms with van der Waals surface area (Å²) in [5.41, 5.74) is 11.5. The molecule has 0 radical (unpaired) electrons. The second-order valence-electron chi connectivity index (χ2n) is 21.1. The van der Waals surface area contributed by atoms with Gasteiger partial charge in [0.2, 0.25) is 29.5 Å². The van der Waals surface area contributed by atoms with E-state index in [1.54, 1.807) is 29.3 Å². The van der Waals surface area contributed by atoms with Crippen molar-refractivity contribution in [3.05, 3.63) is 94.8 Å². The molecule has 3 atom stereocenters. The lowest BCUT2D eigenvalue weighted by Crippen LogP contribution is -2.54. The van der Waals surface area contributed by atoms with Crippen molar-refractivity contribution in [3.8, 4) is 11.3 Å². The summed E-state index contributed by atoms with van der Waals surface area (Å²) in [6.07, 6.45) is 12.4. The second kappa shape index (κ2) is 20.1. The molecule has 4 aliphatic heterocycles. The number of hydrogen-bond acceptors (Lipinski definition) is 13. The monoisotopic (exact) mass is 991 g/mol. The minimum Gasteiger partial charge on any atom is -0.382 e. The average molecular weight is 992 g/mol. The summed E-state index contributed by atoms with van der Waals surface area (Å²) in [6, 6.07) is 13.5. The summed E-state index contributed by atoms with van der Waals surface area (Å²) >= 11 is 0. The fourth-order valence-corrected chi connectivity index (χ4v) is 11.0. The Morgan fingerprint density at radius 1 is 0.904 bits per heavy atom. The van der Waals surface area contributed by atoms with Crippen LogP contribution in [0, 0.1) is 5.92 Å². The Morgan fingerprint density at radius 3 is 2.44 bits per heavy atom. The lowest BCUT2D eigenvalue weighted by Gasteiger charge is -2.34. The minimum absolute atomic E-state index is 0.00406. The molecule has 7 amide bonds. The van der Waals surface area contributed by atoms with Crippen molar-refractivity contribution in [1.82, 2.24) is 40.0 Å². The number of amides is 7. The molecule has 19 nitrogen and oxygen atoms in total. The molecule has 1 unspecified atom stereocenters. The number of imide groups is 2. The molecule has 2 aromatic carbocycles. The third-order valence-corrected chi connectivity index (χ3v) is 15.0. The predicted molar refractivity (Wildman–Crippen MR) is 271 cm³/mol. The Hall–Kier alpha value is -7.70. The molecule has 19 heteroatoms. The van der Waals surface area contributed by atoms with Crippen molar-refractivity contribution < 1.29 is 38.1 Å². The maximum Gasteiger partial charge on any atom is 0.262 e. The third-order valence-electron chi connectivity index (χ3n) is 15.0. The van der Waals surface area contributed by atoms with Gasteiger partial charge in [0.1, 0.15) is 34.7 Å². The molecule has 73 heavy (non-hydrogen) atoms. The number of aromatic nitrogens is 4. The Kier molecular flexibility index (Phi) is 13.4. The van der Waals surface area contributed by atoms with E-state index in [-0.39, 0.29) is 77.9 Å². The van der Waals surface area contributed by atoms with Crippen molar-refractivity contribution in [2.75, 3.05) is 42.1 Å². The van der Waals surface area contributed by atoms with E-state index in [9.17, 15) is 33.6 Å². The van der Waals surface area contributed by atoms with Crippen LogP contribution in [0.4, 0.5) is 17.3 Å². The van der Waals surface area contributed by atoms with Crippen molar-refractivity contribution in [2.24, 2.45) is 5.92 Å². The van der Waals surface area contributed by atoms with Gasteiger partial charge in [0.25, 0.3) is 11.8 Å². The van der Waals surface area contributed by atoms with Gasteiger partial charge in [-0.15, -0.1) is 0 Å². The quantitative estimate of drug-likeness (QED) is 0.125. The van der Waals surface area contributed by atoms with E-state index in [0.717, 1.165) is 65.3 Å². The highest BCUT2D eigenvalue weighted by atomic mass is 16.5. The molecule has 5 N–H and O–H groups in total. The number of rotatable bonds is 9. The molecule has 3 fully saturated rings. The largest absolute Gasteiger partial charge is 0.382 e. The first-order chi connectivity index (χ1) is 35.1. The minimum atomic E-state index is -1.02. The van der Waals surface area contributed by atoms with Crippen molar-refractivity contribution in [2.45, 2.75) is 121 Å². The molecule has 2 bridgehead atoms. The van der Waals surface area contributed by atoms with E-state index in [1.807, 2.05) is 63.3 Å². The summed E-state index contributed by atoms with van der Waals surface area (Å²) in [6.45, 7) is 7.74. The second-order valence-corrected chi connectivity index (χ2v) is 21.1. The molecule has 1 aliphatic carbocycles. The number of nitrogens with zero attached hydrogens (tertiary/aromatic N) is 7. The number of hydrogen-bond donors (Lipinski definition) is 4. The van der Waals surface area contributed by atoms with E-state index < -0.39 is 29.7 Å². The van der Waals surface area contributed by atoms with Gasteiger partial charge >= 0.3 is 0 Å². The molecular formula is C54H61N11O8. The number of nitrogen functional groups attached to an aromatic ring is 1. The Morgan fingerprint density at radius 2 is 1.68 bits per heavy atom. The topological polar surface area (TPSA) is 248 Å². The van der Waals surface area contributed by atoms with Crippen LogP contribution in [0.1, 0.15) is 141 Å². The first-order valence-corrected chi connectivity index (χ1v) is 25.5. The van der Waals surface area contributed by atoms with Crippen LogP contribution < -0.4 is 26.6 Å². The van der Waals surface area contributed by atoms with Crippen LogP contribution in [-0.4, -0.2) is 109 Å². The van der Waals surface area contributed by atoms with Crippen LogP contribution in [0.3, 0.4) is 0 Å². The SMILES string of the molecule is CC(C)(C)c1cc(NC(=O)Cc2ccc(-c3nc4n5c(cnc(N)c35)/C=C/CCN(C(=O)CCC3CCN(c5ccc6c(c5)C(=O)N(C5CCC(=O)NC5=O)C6=O)CC3)CC(=O)N[C@@H]3CCC[C@@H]4C3)cc2)no1. The Labute approximate surface area is 422 Å². The van der Waals surface area contributed by atoms with Gasteiger partial charge in [-0.05, 0) is 87.1 Å². The Balaban J connectivity index is 0.788. The van der Waals surface area contributed by atoms with Crippen LogP contribution in [-0.2, 0) is 35.8 Å². The maximum atomic E-state index is 14.0. The third kappa shape index (κ3) is 10.2. The zero-order chi connectivity index (χ0) is 51.1. The highest BCUT2D eigenvalue weighted by molar-refractivity contribution is 6.23. The number of fused-ring (bicyclic) bond motifs is 4. The molecule has 0 spiro atoms. The molecule has 10 rings (SSSR count). The van der Waals surface area contributed by atoms with Gasteiger partial charge in [-0.25, -0.2) is 9.97 Å². The van der Waals surface area contributed by atoms with Crippen LogP contribution in [0.25, 0.3) is 22.9 Å². The normalized spacial score (nSPS) is 21.4.